The smallest absolute Gasteiger partial charge is 0.221 e. The highest BCUT2D eigenvalue weighted by Gasteiger charge is 2.17. The zero-order chi connectivity index (χ0) is 18.2. The summed E-state index contributed by atoms with van der Waals surface area (Å²) >= 11 is 0. The van der Waals surface area contributed by atoms with Crippen molar-refractivity contribution in [3.05, 3.63) is 35.6 Å². The van der Waals surface area contributed by atoms with Crippen LogP contribution in [0, 0.1) is 11.7 Å². The average molecular weight is 358 g/mol. The van der Waals surface area contributed by atoms with E-state index in [1.807, 2.05) is 0 Å². The summed E-state index contributed by atoms with van der Waals surface area (Å²) in [5.74, 6) is 0.0383. The molecule has 7 heteroatoms. The lowest BCUT2D eigenvalue weighted by molar-refractivity contribution is -0.121. The van der Waals surface area contributed by atoms with Gasteiger partial charge < -0.3 is 5.32 Å². The number of benzene rings is 1. The molecule has 24 heavy (non-hydrogen) atoms. The van der Waals surface area contributed by atoms with Crippen molar-refractivity contribution in [2.45, 2.75) is 33.1 Å². The molecule has 0 spiro atoms. The molecule has 5 nitrogen and oxygen atoms in total. The molecule has 0 aliphatic carbocycles. The van der Waals surface area contributed by atoms with Crippen LogP contribution in [0.1, 0.15) is 32.3 Å². The minimum atomic E-state index is -3.39. The quantitative estimate of drug-likeness (QED) is 0.697. The molecule has 1 rings (SSSR count). The Bertz CT molecular complexity index is 615. The van der Waals surface area contributed by atoms with Crippen LogP contribution >= 0.6 is 0 Å². The van der Waals surface area contributed by atoms with E-state index in [-0.39, 0.29) is 31.2 Å². The van der Waals surface area contributed by atoms with Crippen LogP contribution in [0.3, 0.4) is 0 Å². The molecule has 0 aliphatic rings. The van der Waals surface area contributed by atoms with E-state index in [2.05, 4.69) is 19.2 Å². The third kappa shape index (κ3) is 8.40. The summed E-state index contributed by atoms with van der Waals surface area (Å²) < 4.78 is 37.9. The number of nitrogens with one attached hydrogen (secondary N) is 1. The van der Waals surface area contributed by atoms with Gasteiger partial charge in [0.25, 0.3) is 0 Å². The van der Waals surface area contributed by atoms with E-state index >= 15 is 0 Å². The highest BCUT2D eigenvalue weighted by atomic mass is 32.2. The van der Waals surface area contributed by atoms with Crippen LogP contribution in [-0.2, 0) is 21.2 Å². The lowest BCUT2D eigenvalue weighted by Gasteiger charge is -2.19. The van der Waals surface area contributed by atoms with Crippen molar-refractivity contribution in [2.24, 2.45) is 5.92 Å². The van der Waals surface area contributed by atoms with E-state index < -0.39 is 10.0 Å². The normalized spacial score (nSPS) is 11.9. The standard InChI is InChI=1S/C17H27FN2O3S/c1-14(2)8-11-19-17(21)10-13-20(24(3,22)23)12-9-15-4-6-16(18)7-5-15/h4-7,14H,8-13H2,1-3H3,(H,19,21). The first kappa shape index (κ1) is 20.6. The summed E-state index contributed by atoms with van der Waals surface area (Å²) in [7, 11) is -3.39. The molecular weight excluding hydrogens is 331 g/mol. The van der Waals surface area contributed by atoms with E-state index in [1.165, 1.54) is 16.4 Å². The first-order valence-corrected chi connectivity index (χ1v) is 9.99. The number of amides is 1. The summed E-state index contributed by atoms with van der Waals surface area (Å²) in [6, 6.07) is 5.97. The van der Waals surface area contributed by atoms with Crippen molar-refractivity contribution < 1.29 is 17.6 Å². The van der Waals surface area contributed by atoms with Gasteiger partial charge in [0.05, 0.1) is 6.26 Å². The second kappa shape index (κ2) is 9.74. The predicted octanol–water partition coefficient (Wildman–Crippen LogP) is 2.18. The van der Waals surface area contributed by atoms with Crippen LogP contribution < -0.4 is 5.32 Å². The molecule has 1 amide bonds. The number of carbonyl (C=O) groups is 1. The van der Waals surface area contributed by atoms with Gasteiger partial charge in [-0.15, -0.1) is 0 Å². The van der Waals surface area contributed by atoms with Crippen LogP contribution in [0.5, 0.6) is 0 Å². The second-order valence-electron chi connectivity index (χ2n) is 6.32. The van der Waals surface area contributed by atoms with Crippen molar-refractivity contribution in [2.75, 3.05) is 25.9 Å². The molecule has 0 unspecified atom stereocenters. The molecule has 0 saturated heterocycles. The lowest BCUT2D eigenvalue weighted by atomic mass is 10.1. The summed E-state index contributed by atoms with van der Waals surface area (Å²) in [6.45, 7) is 5.17. The first-order chi connectivity index (χ1) is 11.2. The van der Waals surface area contributed by atoms with Crippen molar-refractivity contribution in [3.63, 3.8) is 0 Å². The van der Waals surface area contributed by atoms with E-state index in [4.69, 9.17) is 0 Å². The summed E-state index contributed by atoms with van der Waals surface area (Å²) in [4.78, 5) is 11.8. The largest absolute Gasteiger partial charge is 0.356 e. The Morgan fingerprint density at radius 3 is 2.38 bits per heavy atom. The van der Waals surface area contributed by atoms with Crippen molar-refractivity contribution >= 4 is 15.9 Å². The molecule has 1 aromatic carbocycles. The van der Waals surface area contributed by atoms with Crippen molar-refractivity contribution in [1.82, 2.24) is 9.62 Å². The summed E-state index contributed by atoms with van der Waals surface area (Å²) in [5.41, 5.74) is 0.853. The number of hydrogen-bond donors (Lipinski definition) is 1. The molecule has 0 aliphatic heterocycles. The monoisotopic (exact) mass is 358 g/mol. The van der Waals surface area contributed by atoms with Gasteiger partial charge >= 0.3 is 0 Å². The topological polar surface area (TPSA) is 66.5 Å². The second-order valence-corrected chi connectivity index (χ2v) is 8.30. The van der Waals surface area contributed by atoms with Gasteiger partial charge in [0.15, 0.2) is 0 Å². The van der Waals surface area contributed by atoms with Crippen LogP contribution in [0.25, 0.3) is 0 Å². The van der Waals surface area contributed by atoms with Gasteiger partial charge in [-0.1, -0.05) is 26.0 Å². The summed E-state index contributed by atoms with van der Waals surface area (Å²) in [5, 5.41) is 2.80. The fourth-order valence-electron chi connectivity index (χ4n) is 2.16. The van der Waals surface area contributed by atoms with E-state index in [0.29, 0.717) is 18.9 Å². The van der Waals surface area contributed by atoms with Gasteiger partial charge in [0.2, 0.25) is 15.9 Å². The molecule has 136 valence electrons. The van der Waals surface area contributed by atoms with Crippen LogP contribution in [-0.4, -0.2) is 44.5 Å². The van der Waals surface area contributed by atoms with Crippen LogP contribution in [0.2, 0.25) is 0 Å². The Kier molecular flexibility index (Phi) is 8.35. The van der Waals surface area contributed by atoms with E-state index in [0.717, 1.165) is 18.2 Å². The third-order valence-corrected chi connectivity index (χ3v) is 4.97. The van der Waals surface area contributed by atoms with Crippen LogP contribution in [0.4, 0.5) is 4.39 Å². The molecule has 0 saturated carbocycles. The zero-order valence-electron chi connectivity index (χ0n) is 14.6. The van der Waals surface area contributed by atoms with Crippen molar-refractivity contribution in [3.8, 4) is 0 Å². The summed E-state index contributed by atoms with van der Waals surface area (Å²) in [6.07, 6.45) is 2.64. The van der Waals surface area contributed by atoms with Crippen molar-refractivity contribution in [1.29, 1.82) is 0 Å². The number of nitrogens with zero attached hydrogens (tertiary/aromatic N) is 1. The number of rotatable bonds is 10. The SMILES string of the molecule is CC(C)CCNC(=O)CCN(CCc1ccc(F)cc1)S(C)(=O)=O. The Morgan fingerprint density at radius 2 is 1.83 bits per heavy atom. The van der Waals surface area contributed by atoms with E-state index in [1.54, 1.807) is 12.1 Å². The van der Waals surface area contributed by atoms with Gasteiger partial charge in [0, 0.05) is 26.1 Å². The van der Waals surface area contributed by atoms with Gasteiger partial charge in [-0.3, -0.25) is 4.79 Å². The maximum Gasteiger partial charge on any atom is 0.221 e. The highest BCUT2D eigenvalue weighted by molar-refractivity contribution is 7.88. The molecule has 0 radical (unpaired) electrons. The minimum absolute atomic E-state index is 0.134. The van der Waals surface area contributed by atoms with Crippen LogP contribution in [0.15, 0.2) is 24.3 Å². The molecule has 0 bridgehead atoms. The predicted molar refractivity (Wildman–Crippen MR) is 93.6 cm³/mol. The van der Waals surface area contributed by atoms with Gasteiger partial charge in [-0.05, 0) is 36.5 Å². The molecule has 1 aromatic rings. The Labute approximate surface area is 144 Å². The number of carbonyl (C=O) groups excluding carboxylic acids is 1. The molecule has 0 heterocycles. The Balaban J connectivity index is 2.48. The molecule has 1 N–H and O–H groups in total. The molecule has 0 aromatic heterocycles. The maximum atomic E-state index is 12.9. The molecule has 0 atom stereocenters. The third-order valence-electron chi connectivity index (χ3n) is 3.66. The molecule has 0 fully saturated rings. The maximum absolute atomic E-state index is 12.9. The highest BCUT2D eigenvalue weighted by Crippen LogP contribution is 2.07. The fourth-order valence-corrected chi connectivity index (χ4v) is 3.01. The zero-order valence-corrected chi connectivity index (χ0v) is 15.4. The van der Waals surface area contributed by atoms with Gasteiger partial charge in [-0.2, -0.15) is 0 Å². The molecular formula is C17H27FN2O3S. The minimum Gasteiger partial charge on any atom is -0.356 e. The Hall–Kier alpha value is -1.47. The number of halogens is 1. The average Bonchev–Trinajstić information content (AvgIpc) is 2.47. The van der Waals surface area contributed by atoms with Gasteiger partial charge in [-0.25, -0.2) is 17.1 Å². The van der Waals surface area contributed by atoms with E-state index in [9.17, 15) is 17.6 Å². The number of hydrogen-bond acceptors (Lipinski definition) is 3. The van der Waals surface area contributed by atoms with Gasteiger partial charge in [0.1, 0.15) is 5.82 Å². The number of sulfonamides is 1. The first-order valence-electron chi connectivity index (χ1n) is 8.14. The Morgan fingerprint density at radius 1 is 1.21 bits per heavy atom. The lowest BCUT2D eigenvalue weighted by Crippen LogP contribution is -2.36. The fraction of sp³-hybridized carbons (Fsp3) is 0.588.